The first-order valence-electron chi connectivity index (χ1n) is 15.3. The number of carboxylic acid groups (broad SMARTS) is 1. The number of amides is 1. The SMILES string of the molecule is CC(C)CC[C@H](C1=CC=C(CC(=O)O)CC1)N1C(=O)C(=NC2CCCCC2)NC12CCC(C(C)(C)C)CC2. The van der Waals surface area contributed by atoms with Gasteiger partial charge in [-0.2, -0.15) is 0 Å². The van der Waals surface area contributed by atoms with E-state index in [1.807, 2.05) is 6.08 Å². The summed E-state index contributed by atoms with van der Waals surface area (Å²) in [5.41, 5.74) is 2.13. The smallest absolute Gasteiger partial charge is 0.307 e. The molecule has 212 valence electrons. The minimum atomic E-state index is -0.776. The van der Waals surface area contributed by atoms with Gasteiger partial charge in [-0.1, -0.05) is 71.6 Å². The molecule has 0 aromatic heterocycles. The van der Waals surface area contributed by atoms with Crippen LogP contribution >= 0.6 is 0 Å². The topological polar surface area (TPSA) is 82.0 Å². The molecule has 1 aliphatic heterocycles. The Kier molecular flexibility index (Phi) is 9.09. The number of nitrogens with zero attached hydrogens (tertiary/aromatic N) is 2. The first kappa shape index (κ1) is 28.9. The molecule has 0 aromatic rings. The van der Waals surface area contributed by atoms with E-state index in [4.69, 9.17) is 4.99 Å². The van der Waals surface area contributed by atoms with Gasteiger partial charge in [-0.15, -0.1) is 0 Å². The summed E-state index contributed by atoms with van der Waals surface area (Å²) in [5.74, 6) is 1.10. The second-order valence-corrected chi connectivity index (χ2v) is 13.9. The molecule has 4 aliphatic rings. The Bertz CT molecular complexity index is 957. The molecule has 2 saturated carbocycles. The molecule has 0 bridgehead atoms. The fraction of sp³-hybridized carbons (Fsp3) is 0.781. The molecule has 1 atom stereocenters. The number of allylic oxidation sites excluding steroid dienone is 2. The Hall–Kier alpha value is -2.11. The van der Waals surface area contributed by atoms with E-state index >= 15 is 0 Å². The lowest BCUT2D eigenvalue weighted by molar-refractivity contribution is -0.136. The third-order valence-corrected chi connectivity index (χ3v) is 9.56. The van der Waals surface area contributed by atoms with Crippen LogP contribution in [0.15, 0.2) is 28.3 Å². The molecular weight excluding hydrogens is 474 g/mol. The Morgan fingerprint density at radius 3 is 2.32 bits per heavy atom. The van der Waals surface area contributed by atoms with E-state index in [0.717, 1.165) is 69.8 Å². The molecule has 3 fully saturated rings. The molecule has 4 rings (SSSR count). The van der Waals surface area contributed by atoms with Gasteiger partial charge < -0.3 is 15.3 Å². The number of aliphatic imine (C=N–C) groups is 1. The molecule has 0 radical (unpaired) electrons. The average molecular weight is 526 g/mol. The fourth-order valence-electron chi connectivity index (χ4n) is 7.18. The quantitative estimate of drug-likeness (QED) is 0.357. The minimum Gasteiger partial charge on any atom is -0.481 e. The Balaban J connectivity index is 1.68. The monoisotopic (exact) mass is 525 g/mol. The van der Waals surface area contributed by atoms with Gasteiger partial charge in [0.2, 0.25) is 0 Å². The molecule has 38 heavy (non-hydrogen) atoms. The van der Waals surface area contributed by atoms with Crippen LogP contribution in [-0.2, 0) is 9.59 Å². The zero-order valence-electron chi connectivity index (χ0n) is 24.5. The molecule has 6 nitrogen and oxygen atoms in total. The van der Waals surface area contributed by atoms with Crippen LogP contribution in [0.25, 0.3) is 0 Å². The van der Waals surface area contributed by atoms with Crippen molar-refractivity contribution in [3.8, 4) is 0 Å². The lowest BCUT2D eigenvalue weighted by Crippen LogP contribution is -2.59. The summed E-state index contributed by atoms with van der Waals surface area (Å²) in [6.07, 6.45) is 17.7. The van der Waals surface area contributed by atoms with Crippen LogP contribution in [0.4, 0.5) is 0 Å². The fourth-order valence-corrected chi connectivity index (χ4v) is 7.18. The maximum atomic E-state index is 14.3. The van der Waals surface area contributed by atoms with E-state index in [-0.39, 0.29) is 35.5 Å². The predicted octanol–water partition coefficient (Wildman–Crippen LogP) is 7.01. The van der Waals surface area contributed by atoms with Crippen molar-refractivity contribution in [3.05, 3.63) is 23.3 Å². The van der Waals surface area contributed by atoms with E-state index in [9.17, 15) is 14.7 Å². The van der Waals surface area contributed by atoms with E-state index in [2.05, 4.69) is 50.9 Å². The van der Waals surface area contributed by atoms with Crippen molar-refractivity contribution in [2.45, 2.75) is 142 Å². The number of nitrogens with one attached hydrogen (secondary N) is 1. The Labute approximate surface area is 230 Å². The summed E-state index contributed by atoms with van der Waals surface area (Å²) >= 11 is 0. The molecule has 1 heterocycles. The van der Waals surface area contributed by atoms with Gasteiger partial charge in [0.1, 0.15) is 5.66 Å². The third kappa shape index (κ3) is 6.71. The number of aliphatic carboxylic acids is 1. The summed E-state index contributed by atoms with van der Waals surface area (Å²) in [7, 11) is 0. The van der Waals surface area contributed by atoms with Gasteiger partial charge >= 0.3 is 5.97 Å². The van der Waals surface area contributed by atoms with E-state index < -0.39 is 5.97 Å². The van der Waals surface area contributed by atoms with Crippen molar-refractivity contribution in [2.24, 2.45) is 22.2 Å². The molecule has 1 spiro atoms. The first-order chi connectivity index (χ1) is 18.0. The number of carbonyl (C=O) groups excluding carboxylic acids is 1. The Morgan fingerprint density at radius 1 is 1.08 bits per heavy atom. The highest BCUT2D eigenvalue weighted by Gasteiger charge is 2.54. The second kappa shape index (κ2) is 12.0. The summed E-state index contributed by atoms with van der Waals surface area (Å²) in [5, 5.41) is 13.0. The van der Waals surface area contributed by atoms with Crippen molar-refractivity contribution in [1.82, 2.24) is 10.2 Å². The lowest BCUT2D eigenvalue weighted by atomic mass is 9.69. The standard InChI is InChI=1S/C32H51N3O3/c1-22(2)11-16-27(24-14-12-23(13-15-24)21-28(36)37)35-30(38)29(33-26-9-7-6-8-10-26)34-32(35)19-17-25(18-20-32)31(3,4)5/h12,14,22,25-27H,6-11,13,15-21H2,1-5H3,(H,33,34)(H,36,37)/t25?,27-,32?/m1/s1. The van der Waals surface area contributed by atoms with Gasteiger partial charge in [-0.25, -0.2) is 0 Å². The number of amidine groups is 1. The van der Waals surface area contributed by atoms with Gasteiger partial charge in [0.25, 0.3) is 5.91 Å². The van der Waals surface area contributed by atoms with Crippen molar-refractivity contribution in [3.63, 3.8) is 0 Å². The van der Waals surface area contributed by atoms with Crippen LogP contribution in [0.3, 0.4) is 0 Å². The second-order valence-electron chi connectivity index (χ2n) is 13.9. The van der Waals surface area contributed by atoms with Crippen molar-refractivity contribution < 1.29 is 14.7 Å². The molecule has 0 aromatic carbocycles. The lowest BCUT2D eigenvalue weighted by Gasteiger charge is -2.49. The van der Waals surface area contributed by atoms with Gasteiger partial charge in [0.15, 0.2) is 5.84 Å². The van der Waals surface area contributed by atoms with E-state index in [0.29, 0.717) is 17.7 Å². The van der Waals surface area contributed by atoms with Gasteiger partial charge in [-0.3, -0.25) is 14.6 Å². The van der Waals surface area contributed by atoms with Crippen molar-refractivity contribution in [1.29, 1.82) is 0 Å². The zero-order valence-corrected chi connectivity index (χ0v) is 24.5. The Morgan fingerprint density at radius 2 is 1.76 bits per heavy atom. The molecular formula is C32H51N3O3. The van der Waals surface area contributed by atoms with Crippen molar-refractivity contribution in [2.75, 3.05) is 0 Å². The normalized spacial score (nSPS) is 29.0. The highest BCUT2D eigenvalue weighted by molar-refractivity contribution is 6.40. The third-order valence-electron chi connectivity index (χ3n) is 9.56. The van der Waals surface area contributed by atoms with Crippen LogP contribution in [0.5, 0.6) is 0 Å². The predicted molar refractivity (Wildman–Crippen MR) is 154 cm³/mol. The zero-order chi connectivity index (χ0) is 27.5. The molecule has 6 heteroatoms. The summed E-state index contributed by atoms with van der Waals surface area (Å²) in [6.45, 7) is 11.5. The van der Waals surface area contributed by atoms with Gasteiger partial charge in [-0.05, 0) is 87.0 Å². The van der Waals surface area contributed by atoms with Gasteiger partial charge in [0, 0.05) is 0 Å². The van der Waals surface area contributed by atoms with Gasteiger partial charge in [0.05, 0.1) is 18.5 Å². The molecule has 1 amide bonds. The number of carboxylic acids is 1. The minimum absolute atomic E-state index is 0.0188. The number of carbonyl (C=O) groups is 2. The number of rotatable bonds is 8. The van der Waals surface area contributed by atoms with Crippen LogP contribution in [0, 0.1) is 17.3 Å². The van der Waals surface area contributed by atoms with Crippen LogP contribution in [-0.4, -0.2) is 45.5 Å². The van der Waals surface area contributed by atoms with Crippen LogP contribution in [0.1, 0.15) is 125 Å². The average Bonchev–Trinajstić information content (AvgIpc) is 3.10. The molecule has 0 unspecified atom stereocenters. The summed E-state index contributed by atoms with van der Waals surface area (Å²) < 4.78 is 0. The molecule has 1 saturated heterocycles. The highest BCUT2D eigenvalue weighted by atomic mass is 16.4. The number of hydrogen-bond donors (Lipinski definition) is 2. The molecule has 2 N–H and O–H groups in total. The maximum absolute atomic E-state index is 14.3. The van der Waals surface area contributed by atoms with Crippen LogP contribution in [0.2, 0.25) is 0 Å². The first-order valence-corrected chi connectivity index (χ1v) is 15.3. The molecule has 3 aliphatic carbocycles. The number of hydrogen-bond acceptors (Lipinski definition) is 3. The summed E-state index contributed by atoms with van der Waals surface area (Å²) in [6, 6.07) is 0.271. The summed E-state index contributed by atoms with van der Waals surface area (Å²) in [4.78, 5) is 32.8. The maximum Gasteiger partial charge on any atom is 0.307 e. The van der Waals surface area contributed by atoms with E-state index in [1.54, 1.807) is 0 Å². The van der Waals surface area contributed by atoms with Crippen LogP contribution < -0.4 is 5.32 Å². The van der Waals surface area contributed by atoms with Crippen molar-refractivity contribution >= 4 is 17.7 Å². The highest BCUT2D eigenvalue weighted by Crippen LogP contribution is 2.46. The largest absolute Gasteiger partial charge is 0.481 e. The van der Waals surface area contributed by atoms with E-state index in [1.165, 1.54) is 24.8 Å².